The van der Waals surface area contributed by atoms with Crippen LogP contribution in [0.1, 0.15) is 17.2 Å². The standard InChI is InChI=1S/C18H17BrClNOS/c19-14-4-5-16-13(11-23-18(16)9-14)6-7-21-10-17(22)12-2-1-3-15(20)8-12/h1-5,8-9,11,17,21-22H,6-7,10H2. The first kappa shape index (κ1) is 16.9. The van der Waals surface area contributed by atoms with Crippen LogP contribution in [0.2, 0.25) is 5.02 Å². The lowest BCUT2D eigenvalue weighted by molar-refractivity contribution is 0.175. The van der Waals surface area contributed by atoms with E-state index < -0.39 is 6.10 Å². The van der Waals surface area contributed by atoms with E-state index in [2.05, 4.69) is 44.8 Å². The summed E-state index contributed by atoms with van der Waals surface area (Å²) in [7, 11) is 0. The fraction of sp³-hybridized carbons (Fsp3) is 0.222. The van der Waals surface area contributed by atoms with Crippen LogP contribution in [0.15, 0.2) is 52.3 Å². The number of halogens is 2. The Hall–Kier alpha value is -0.910. The molecule has 23 heavy (non-hydrogen) atoms. The van der Waals surface area contributed by atoms with Gasteiger partial charge >= 0.3 is 0 Å². The maximum Gasteiger partial charge on any atom is 0.0914 e. The molecule has 3 rings (SSSR count). The molecular weight excluding hydrogens is 394 g/mol. The molecule has 0 saturated carbocycles. The summed E-state index contributed by atoms with van der Waals surface area (Å²) in [6.45, 7) is 1.35. The number of aliphatic hydroxyl groups excluding tert-OH is 1. The Morgan fingerprint density at radius 1 is 1.22 bits per heavy atom. The van der Waals surface area contributed by atoms with Gasteiger partial charge in [-0.25, -0.2) is 0 Å². The van der Waals surface area contributed by atoms with E-state index in [0.717, 1.165) is 23.0 Å². The van der Waals surface area contributed by atoms with Crippen molar-refractivity contribution >= 4 is 49.0 Å². The Morgan fingerprint density at radius 3 is 2.91 bits per heavy atom. The van der Waals surface area contributed by atoms with Gasteiger partial charge in [-0.2, -0.15) is 0 Å². The van der Waals surface area contributed by atoms with Gasteiger partial charge in [-0.3, -0.25) is 0 Å². The highest BCUT2D eigenvalue weighted by Crippen LogP contribution is 2.29. The number of benzene rings is 2. The zero-order valence-electron chi connectivity index (χ0n) is 12.4. The number of aliphatic hydroxyl groups is 1. The number of thiophene rings is 1. The Labute approximate surface area is 153 Å². The molecule has 0 aliphatic rings. The first-order valence-electron chi connectivity index (χ1n) is 7.43. The van der Waals surface area contributed by atoms with Gasteiger partial charge in [0.05, 0.1) is 6.10 Å². The fourth-order valence-electron chi connectivity index (χ4n) is 2.54. The van der Waals surface area contributed by atoms with Gasteiger partial charge in [-0.05, 0) is 59.1 Å². The molecule has 120 valence electrons. The molecule has 0 radical (unpaired) electrons. The smallest absolute Gasteiger partial charge is 0.0914 e. The topological polar surface area (TPSA) is 32.3 Å². The van der Waals surface area contributed by atoms with Crippen LogP contribution in [0.25, 0.3) is 10.1 Å². The van der Waals surface area contributed by atoms with E-state index in [9.17, 15) is 5.11 Å². The number of hydrogen-bond donors (Lipinski definition) is 2. The lowest BCUT2D eigenvalue weighted by Gasteiger charge is -2.12. The summed E-state index contributed by atoms with van der Waals surface area (Å²) in [4.78, 5) is 0. The van der Waals surface area contributed by atoms with Crippen molar-refractivity contribution in [1.82, 2.24) is 5.32 Å². The van der Waals surface area contributed by atoms with E-state index in [4.69, 9.17) is 11.6 Å². The van der Waals surface area contributed by atoms with Crippen LogP contribution < -0.4 is 5.32 Å². The maximum absolute atomic E-state index is 10.2. The summed E-state index contributed by atoms with van der Waals surface area (Å²) in [6, 6.07) is 13.8. The highest BCUT2D eigenvalue weighted by atomic mass is 79.9. The van der Waals surface area contributed by atoms with Crippen molar-refractivity contribution in [2.75, 3.05) is 13.1 Å². The molecule has 5 heteroatoms. The van der Waals surface area contributed by atoms with E-state index in [-0.39, 0.29) is 0 Å². The molecule has 1 aromatic heterocycles. The summed E-state index contributed by atoms with van der Waals surface area (Å²) >= 11 is 11.2. The van der Waals surface area contributed by atoms with Gasteiger partial charge in [-0.1, -0.05) is 45.7 Å². The lowest BCUT2D eigenvalue weighted by atomic mass is 10.1. The first-order chi connectivity index (χ1) is 11.1. The van der Waals surface area contributed by atoms with Crippen LogP contribution in [0.3, 0.4) is 0 Å². The van der Waals surface area contributed by atoms with Crippen molar-refractivity contribution in [3.05, 3.63) is 68.5 Å². The number of rotatable bonds is 6. The van der Waals surface area contributed by atoms with Crippen molar-refractivity contribution in [3.8, 4) is 0 Å². The van der Waals surface area contributed by atoms with Crippen molar-refractivity contribution < 1.29 is 5.11 Å². The summed E-state index contributed by atoms with van der Waals surface area (Å²) in [5, 5.41) is 17.7. The van der Waals surface area contributed by atoms with Crippen LogP contribution in [-0.2, 0) is 6.42 Å². The molecular formula is C18H17BrClNOS. The van der Waals surface area contributed by atoms with Crippen LogP contribution in [0.4, 0.5) is 0 Å². The molecule has 1 heterocycles. The average molecular weight is 411 g/mol. The van der Waals surface area contributed by atoms with Gasteiger partial charge < -0.3 is 10.4 Å². The third kappa shape index (κ3) is 4.34. The molecule has 0 bridgehead atoms. The van der Waals surface area contributed by atoms with Crippen LogP contribution >= 0.6 is 38.9 Å². The molecule has 0 aliphatic heterocycles. The quantitative estimate of drug-likeness (QED) is 0.549. The van der Waals surface area contributed by atoms with Crippen LogP contribution in [0, 0.1) is 0 Å². The third-order valence-corrected chi connectivity index (χ3v) is 5.48. The molecule has 2 nitrogen and oxygen atoms in total. The Balaban J connectivity index is 1.53. The van der Waals surface area contributed by atoms with Gasteiger partial charge in [0.1, 0.15) is 0 Å². The van der Waals surface area contributed by atoms with Gasteiger partial charge in [0.25, 0.3) is 0 Å². The predicted molar refractivity (Wildman–Crippen MR) is 103 cm³/mol. The van der Waals surface area contributed by atoms with Gasteiger partial charge in [0.15, 0.2) is 0 Å². The molecule has 2 N–H and O–H groups in total. The van der Waals surface area contributed by atoms with Gasteiger partial charge in [-0.15, -0.1) is 11.3 Å². The Bertz CT molecular complexity index is 805. The fourth-order valence-corrected chi connectivity index (χ4v) is 4.29. The van der Waals surface area contributed by atoms with E-state index in [1.54, 1.807) is 17.4 Å². The van der Waals surface area contributed by atoms with Crippen LogP contribution in [0.5, 0.6) is 0 Å². The molecule has 0 aliphatic carbocycles. The highest BCUT2D eigenvalue weighted by Gasteiger charge is 2.08. The molecule has 0 amide bonds. The minimum atomic E-state index is -0.538. The SMILES string of the molecule is OC(CNCCc1csc2cc(Br)ccc12)c1cccc(Cl)c1. The number of fused-ring (bicyclic) bond motifs is 1. The largest absolute Gasteiger partial charge is 0.387 e. The molecule has 1 atom stereocenters. The summed E-state index contributed by atoms with van der Waals surface area (Å²) in [5.74, 6) is 0. The molecule has 2 aromatic carbocycles. The second kappa shape index (κ2) is 7.77. The second-order valence-electron chi connectivity index (χ2n) is 5.43. The van der Waals surface area contributed by atoms with Gasteiger partial charge in [0, 0.05) is 20.7 Å². The predicted octanol–water partition coefficient (Wildman–Crippen LogP) is 5.18. The van der Waals surface area contributed by atoms with Crippen molar-refractivity contribution in [2.45, 2.75) is 12.5 Å². The normalized spacial score (nSPS) is 12.7. The third-order valence-electron chi connectivity index (χ3n) is 3.76. The molecule has 0 fully saturated rings. The Kier molecular flexibility index (Phi) is 5.72. The van der Waals surface area contributed by atoms with E-state index in [1.807, 2.05) is 18.2 Å². The van der Waals surface area contributed by atoms with E-state index in [0.29, 0.717) is 11.6 Å². The average Bonchev–Trinajstić information content (AvgIpc) is 2.93. The summed E-state index contributed by atoms with van der Waals surface area (Å²) in [5.41, 5.74) is 2.19. The number of nitrogens with one attached hydrogen (secondary N) is 1. The highest BCUT2D eigenvalue weighted by molar-refractivity contribution is 9.10. The monoisotopic (exact) mass is 409 g/mol. The zero-order valence-corrected chi connectivity index (χ0v) is 15.6. The summed E-state index contributed by atoms with van der Waals surface area (Å²) < 4.78 is 2.41. The van der Waals surface area contributed by atoms with E-state index >= 15 is 0 Å². The molecule has 0 saturated heterocycles. The van der Waals surface area contributed by atoms with Crippen molar-refractivity contribution in [3.63, 3.8) is 0 Å². The van der Waals surface area contributed by atoms with Crippen LogP contribution in [-0.4, -0.2) is 18.2 Å². The number of hydrogen-bond acceptors (Lipinski definition) is 3. The van der Waals surface area contributed by atoms with Crippen molar-refractivity contribution in [2.24, 2.45) is 0 Å². The van der Waals surface area contributed by atoms with Crippen molar-refractivity contribution in [1.29, 1.82) is 0 Å². The zero-order chi connectivity index (χ0) is 16.2. The minimum Gasteiger partial charge on any atom is -0.387 e. The van der Waals surface area contributed by atoms with Gasteiger partial charge in [0.2, 0.25) is 0 Å². The second-order valence-corrected chi connectivity index (χ2v) is 7.69. The maximum atomic E-state index is 10.2. The molecule has 0 spiro atoms. The van der Waals surface area contributed by atoms with E-state index in [1.165, 1.54) is 15.6 Å². The molecule has 1 unspecified atom stereocenters. The molecule has 3 aromatic rings. The first-order valence-corrected chi connectivity index (χ1v) is 9.48. The Morgan fingerprint density at radius 2 is 2.09 bits per heavy atom. The lowest BCUT2D eigenvalue weighted by Crippen LogP contribution is -2.23. The summed E-state index contributed by atoms with van der Waals surface area (Å²) in [6.07, 6.45) is 0.410. The minimum absolute atomic E-state index is 0.522.